The molecule has 0 amide bonds. The molecule has 108 valence electrons. The summed E-state index contributed by atoms with van der Waals surface area (Å²) in [7, 11) is -3.12. The van der Waals surface area contributed by atoms with E-state index in [0.29, 0.717) is 11.3 Å². The molecule has 0 radical (unpaired) electrons. The molecule has 0 spiro atoms. The van der Waals surface area contributed by atoms with Crippen LogP contribution >= 0.6 is 0 Å². The predicted octanol–water partition coefficient (Wildman–Crippen LogP) is 2.44. The zero-order chi connectivity index (χ0) is 14.3. The topological polar surface area (TPSA) is 66.4 Å². The molecule has 5 heteroatoms. The molecule has 4 nitrogen and oxygen atoms in total. The molecule has 1 atom stereocenters. The van der Waals surface area contributed by atoms with Crippen LogP contribution in [0, 0.1) is 0 Å². The summed E-state index contributed by atoms with van der Waals surface area (Å²) in [6, 6.07) is 6.85. The van der Waals surface area contributed by atoms with E-state index in [2.05, 4.69) is 5.32 Å². The Morgan fingerprint density at radius 2 is 1.89 bits per heavy atom. The Balaban J connectivity index is 2.52. The monoisotopic (exact) mass is 285 g/mol. The number of sulfone groups is 1. The third-order valence-electron chi connectivity index (χ3n) is 2.81. The van der Waals surface area contributed by atoms with E-state index < -0.39 is 9.84 Å². The van der Waals surface area contributed by atoms with Gasteiger partial charge in [0, 0.05) is 12.2 Å². The molecule has 0 aliphatic heterocycles. The molecule has 1 aromatic rings. The van der Waals surface area contributed by atoms with E-state index in [1.54, 1.807) is 31.2 Å². The van der Waals surface area contributed by atoms with Crippen LogP contribution in [0.3, 0.4) is 0 Å². The van der Waals surface area contributed by atoms with Gasteiger partial charge in [-0.1, -0.05) is 6.92 Å². The maximum atomic E-state index is 11.8. The minimum atomic E-state index is -3.12. The van der Waals surface area contributed by atoms with Gasteiger partial charge in [-0.2, -0.15) is 0 Å². The van der Waals surface area contributed by atoms with Crippen LogP contribution in [0.1, 0.15) is 33.1 Å². The second-order valence-electron chi connectivity index (χ2n) is 4.76. The quantitative estimate of drug-likeness (QED) is 0.720. The SMILES string of the molecule is CCCS(=O)(=O)c1ccc(NCCCC(C)O)cc1. The normalized spacial score (nSPS) is 13.2. The molecule has 0 fully saturated rings. The van der Waals surface area contributed by atoms with Crippen molar-refractivity contribution >= 4 is 15.5 Å². The van der Waals surface area contributed by atoms with E-state index in [9.17, 15) is 8.42 Å². The van der Waals surface area contributed by atoms with Crippen LogP contribution in [-0.4, -0.2) is 31.9 Å². The maximum Gasteiger partial charge on any atom is 0.178 e. The van der Waals surface area contributed by atoms with Crippen molar-refractivity contribution in [1.29, 1.82) is 0 Å². The summed E-state index contributed by atoms with van der Waals surface area (Å²) in [4.78, 5) is 0.379. The summed E-state index contributed by atoms with van der Waals surface area (Å²) in [6.45, 7) is 4.40. The summed E-state index contributed by atoms with van der Waals surface area (Å²) in [5, 5.41) is 12.3. The van der Waals surface area contributed by atoms with Gasteiger partial charge in [-0.15, -0.1) is 0 Å². The Morgan fingerprint density at radius 1 is 1.26 bits per heavy atom. The Labute approximate surface area is 115 Å². The highest BCUT2D eigenvalue weighted by molar-refractivity contribution is 7.91. The first-order valence-corrected chi connectivity index (χ1v) is 8.35. The van der Waals surface area contributed by atoms with E-state index in [1.165, 1.54) is 0 Å². The Kier molecular flexibility index (Phi) is 6.31. The van der Waals surface area contributed by atoms with Crippen molar-refractivity contribution in [2.75, 3.05) is 17.6 Å². The largest absolute Gasteiger partial charge is 0.393 e. The van der Waals surface area contributed by atoms with Gasteiger partial charge in [-0.25, -0.2) is 8.42 Å². The number of aliphatic hydroxyl groups is 1. The number of hydrogen-bond donors (Lipinski definition) is 2. The number of rotatable bonds is 8. The first kappa shape index (κ1) is 16.0. The van der Waals surface area contributed by atoms with Crippen LogP contribution in [0.15, 0.2) is 29.2 Å². The van der Waals surface area contributed by atoms with Crippen molar-refractivity contribution in [2.24, 2.45) is 0 Å². The lowest BCUT2D eigenvalue weighted by Gasteiger charge is -2.08. The van der Waals surface area contributed by atoms with E-state index in [4.69, 9.17) is 5.11 Å². The molecule has 0 aliphatic rings. The summed E-state index contributed by atoms with van der Waals surface area (Å²) >= 11 is 0. The van der Waals surface area contributed by atoms with Crippen LogP contribution < -0.4 is 5.32 Å². The molecule has 0 heterocycles. The fraction of sp³-hybridized carbons (Fsp3) is 0.571. The van der Waals surface area contributed by atoms with Crippen molar-refractivity contribution < 1.29 is 13.5 Å². The van der Waals surface area contributed by atoms with Gasteiger partial charge < -0.3 is 10.4 Å². The molecule has 1 aromatic carbocycles. The van der Waals surface area contributed by atoms with E-state index in [0.717, 1.165) is 25.1 Å². The molecular weight excluding hydrogens is 262 g/mol. The Morgan fingerprint density at radius 3 is 2.42 bits per heavy atom. The fourth-order valence-electron chi connectivity index (χ4n) is 1.80. The van der Waals surface area contributed by atoms with Crippen LogP contribution in [-0.2, 0) is 9.84 Å². The first-order valence-electron chi connectivity index (χ1n) is 6.70. The maximum absolute atomic E-state index is 11.8. The van der Waals surface area contributed by atoms with Gasteiger partial charge in [0.1, 0.15) is 0 Å². The van der Waals surface area contributed by atoms with Crippen molar-refractivity contribution in [1.82, 2.24) is 0 Å². The average molecular weight is 285 g/mol. The number of benzene rings is 1. The van der Waals surface area contributed by atoms with Gasteiger partial charge in [0.2, 0.25) is 0 Å². The second-order valence-corrected chi connectivity index (χ2v) is 6.87. The van der Waals surface area contributed by atoms with Gasteiger partial charge >= 0.3 is 0 Å². The lowest BCUT2D eigenvalue weighted by atomic mass is 10.2. The van der Waals surface area contributed by atoms with Gasteiger partial charge in [0.25, 0.3) is 0 Å². The average Bonchev–Trinajstić information content (AvgIpc) is 2.35. The lowest BCUT2D eigenvalue weighted by Crippen LogP contribution is -2.08. The molecule has 0 saturated carbocycles. The Hall–Kier alpha value is -1.07. The fourth-order valence-corrected chi connectivity index (χ4v) is 3.12. The zero-order valence-corrected chi connectivity index (χ0v) is 12.4. The predicted molar refractivity (Wildman–Crippen MR) is 78.2 cm³/mol. The van der Waals surface area contributed by atoms with Crippen molar-refractivity contribution in [3.63, 3.8) is 0 Å². The minimum absolute atomic E-state index is 0.189. The highest BCUT2D eigenvalue weighted by atomic mass is 32.2. The van der Waals surface area contributed by atoms with Gasteiger partial charge in [-0.05, 0) is 50.5 Å². The zero-order valence-electron chi connectivity index (χ0n) is 11.6. The van der Waals surface area contributed by atoms with Crippen molar-refractivity contribution in [3.05, 3.63) is 24.3 Å². The molecule has 19 heavy (non-hydrogen) atoms. The third kappa shape index (κ3) is 5.61. The van der Waals surface area contributed by atoms with E-state index >= 15 is 0 Å². The second kappa shape index (κ2) is 7.50. The molecule has 0 aromatic heterocycles. The van der Waals surface area contributed by atoms with Gasteiger partial charge in [0.05, 0.1) is 16.8 Å². The molecule has 1 unspecified atom stereocenters. The van der Waals surface area contributed by atoms with Crippen LogP contribution in [0.5, 0.6) is 0 Å². The number of hydrogen-bond acceptors (Lipinski definition) is 4. The third-order valence-corrected chi connectivity index (χ3v) is 4.75. The summed E-state index contributed by atoms with van der Waals surface area (Å²) in [6.07, 6.45) is 1.99. The molecular formula is C14H23NO3S. The van der Waals surface area contributed by atoms with E-state index in [-0.39, 0.29) is 11.9 Å². The molecule has 0 aliphatic carbocycles. The first-order chi connectivity index (χ1) is 8.95. The van der Waals surface area contributed by atoms with Gasteiger partial charge in [-0.3, -0.25) is 0 Å². The summed E-state index contributed by atoms with van der Waals surface area (Å²) < 4.78 is 23.7. The Bertz CT molecular complexity index is 466. The highest BCUT2D eigenvalue weighted by Crippen LogP contribution is 2.16. The minimum Gasteiger partial charge on any atom is -0.393 e. The summed E-state index contributed by atoms with van der Waals surface area (Å²) in [5.74, 6) is 0.189. The number of nitrogens with one attached hydrogen (secondary N) is 1. The smallest absolute Gasteiger partial charge is 0.178 e. The van der Waals surface area contributed by atoms with Crippen LogP contribution in [0.25, 0.3) is 0 Å². The molecule has 0 saturated heterocycles. The van der Waals surface area contributed by atoms with Gasteiger partial charge in [0.15, 0.2) is 9.84 Å². The highest BCUT2D eigenvalue weighted by Gasteiger charge is 2.12. The van der Waals surface area contributed by atoms with E-state index in [1.807, 2.05) is 6.92 Å². The van der Waals surface area contributed by atoms with Crippen molar-refractivity contribution in [2.45, 2.75) is 44.1 Å². The van der Waals surface area contributed by atoms with Crippen molar-refractivity contribution in [3.8, 4) is 0 Å². The molecule has 2 N–H and O–H groups in total. The molecule has 0 bridgehead atoms. The van der Waals surface area contributed by atoms with Crippen LogP contribution in [0.2, 0.25) is 0 Å². The number of aliphatic hydroxyl groups excluding tert-OH is 1. The van der Waals surface area contributed by atoms with Crippen LogP contribution in [0.4, 0.5) is 5.69 Å². The summed E-state index contributed by atoms with van der Waals surface area (Å²) in [5.41, 5.74) is 0.904. The lowest BCUT2D eigenvalue weighted by molar-refractivity contribution is 0.183. The molecule has 1 rings (SSSR count). The standard InChI is InChI=1S/C14H23NO3S/c1-3-11-19(17,18)14-8-6-13(7-9-14)15-10-4-5-12(2)16/h6-9,12,15-16H,3-5,10-11H2,1-2H3. The number of anilines is 1.